The lowest BCUT2D eigenvalue weighted by Gasteiger charge is -2.41. The molecule has 3 rings (SSSR count). The minimum Gasteiger partial charge on any atom is -0.381 e. The van der Waals surface area contributed by atoms with E-state index in [4.69, 9.17) is 4.74 Å². The number of hydrogen-bond acceptors (Lipinski definition) is 4. The van der Waals surface area contributed by atoms with E-state index in [1.165, 1.54) is 11.3 Å². The molecule has 32 heavy (non-hydrogen) atoms. The van der Waals surface area contributed by atoms with Crippen molar-refractivity contribution in [2.45, 2.75) is 58.2 Å². The van der Waals surface area contributed by atoms with E-state index in [2.05, 4.69) is 81.0 Å². The molecule has 1 saturated heterocycles. The van der Waals surface area contributed by atoms with Crippen molar-refractivity contribution in [2.24, 2.45) is 4.99 Å². The van der Waals surface area contributed by atoms with E-state index in [0.29, 0.717) is 0 Å². The van der Waals surface area contributed by atoms with Crippen molar-refractivity contribution in [3.05, 3.63) is 53.3 Å². The first-order valence-corrected chi connectivity index (χ1v) is 11.4. The minimum absolute atomic E-state index is 0. The van der Waals surface area contributed by atoms with Gasteiger partial charge in [0.25, 0.3) is 0 Å². The molecular formula is C24H39IN6O. The predicted molar refractivity (Wildman–Crippen MR) is 142 cm³/mol. The highest BCUT2D eigenvalue weighted by atomic mass is 127. The van der Waals surface area contributed by atoms with Crippen LogP contribution in [0.5, 0.6) is 0 Å². The Labute approximate surface area is 209 Å². The summed E-state index contributed by atoms with van der Waals surface area (Å²) < 4.78 is 7.72. The molecule has 8 heteroatoms. The standard InChI is InChI=1S/C24H38N6O.HI/c1-19-17-20(2)30(29-19)14-8-13-26-23(25-4)27-18-24(11-15-31-16-12-24)28-21(3)22-9-6-5-7-10-22;/h5-7,9-10,17,21,28H,8,11-16,18H2,1-4H3,(H2,25,26,27);1H. The Hall–Kier alpha value is -1.65. The average Bonchev–Trinajstić information content (AvgIpc) is 3.11. The van der Waals surface area contributed by atoms with Crippen molar-refractivity contribution in [3.8, 4) is 0 Å². The molecule has 0 bridgehead atoms. The molecule has 7 nitrogen and oxygen atoms in total. The smallest absolute Gasteiger partial charge is 0.191 e. The number of guanidine groups is 1. The zero-order valence-electron chi connectivity index (χ0n) is 19.9. The Balaban J connectivity index is 0.00000363. The molecule has 178 valence electrons. The van der Waals surface area contributed by atoms with Gasteiger partial charge in [0.05, 0.1) is 5.69 Å². The number of nitrogens with one attached hydrogen (secondary N) is 3. The summed E-state index contributed by atoms with van der Waals surface area (Å²) in [5.41, 5.74) is 3.57. The Morgan fingerprint density at radius 2 is 1.91 bits per heavy atom. The summed E-state index contributed by atoms with van der Waals surface area (Å²) in [4.78, 5) is 4.42. The van der Waals surface area contributed by atoms with Gasteiger partial charge in [-0.2, -0.15) is 5.10 Å². The van der Waals surface area contributed by atoms with Crippen LogP contribution < -0.4 is 16.0 Å². The molecule has 0 spiro atoms. The number of ether oxygens (including phenoxy) is 1. The molecule has 1 aromatic carbocycles. The van der Waals surface area contributed by atoms with Gasteiger partial charge in [0, 0.05) is 57.2 Å². The highest BCUT2D eigenvalue weighted by Gasteiger charge is 2.34. The molecular weight excluding hydrogens is 515 g/mol. The Kier molecular flexibility index (Phi) is 10.9. The maximum atomic E-state index is 5.66. The maximum absolute atomic E-state index is 5.66. The number of benzene rings is 1. The van der Waals surface area contributed by atoms with E-state index in [1.807, 2.05) is 14.0 Å². The molecule has 3 N–H and O–H groups in total. The molecule has 0 saturated carbocycles. The first-order chi connectivity index (χ1) is 15.0. The van der Waals surface area contributed by atoms with Crippen molar-refractivity contribution in [1.29, 1.82) is 0 Å². The van der Waals surface area contributed by atoms with E-state index in [1.54, 1.807) is 0 Å². The first-order valence-electron chi connectivity index (χ1n) is 11.4. The van der Waals surface area contributed by atoms with Gasteiger partial charge < -0.3 is 20.7 Å². The second kappa shape index (κ2) is 13.2. The zero-order chi connectivity index (χ0) is 22.1. The molecule has 2 aromatic rings. The third kappa shape index (κ3) is 7.74. The first kappa shape index (κ1) is 26.6. The fraction of sp³-hybridized carbons (Fsp3) is 0.583. The lowest BCUT2D eigenvalue weighted by Crippen LogP contribution is -2.58. The predicted octanol–water partition coefficient (Wildman–Crippen LogP) is 3.57. The van der Waals surface area contributed by atoms with Crippen molar-refractivity contribution in [3.63, 3.8) is 0 Å². The third-order valence-corrected chi connectivity index (χ3v) is 6.03. The molecule has 1 aromatic heterocycles. The normalized spacial score (nSPS) is 16.8. The van der Waals surface area contributed by atoms with Crippen LogP contribution >= 0.6 is 24.0 Å². The third-order valence-electron chi connectivity index (χ3n) is 6.03. The second-order valence-electron chi connectivity index (χ2n) is 8.53. The Morgan fingerprint density at radius 3 is 2.53 bits per heavy atom. The lowest BCUT2D eigenvalue weighted by atomic mass is 9.88. The van der Waals surface area contributed by atoms with Crippen LogP contribution in [-0.2, 0) is 11.3 Å². The van der Waals surface area contributed by atoms with E-state index < -0.39 is 0 Å². The summed E-state index contributed by atoms with van der Waals surface area (Å²) in [7, 11) is 1.83. The number of aliphatic imine (C=N–C) groups is 1. The van der Waals surface area contributed by atoms with Gasteiger partial charge in [0.15, 0.2) is 5.96 Å². The van der Waals surface area contributed by atoms with Crippen molar-refractivity contribution >= 4 is 29.9 Å². The van der Waals surface area contributed by atoms with E-state index in [9.17, 15) is 0 Å². The van der Waals surface area contributed by atoms with Crippen LogP contribution in [0.2, 0.25) is 0 Å². The second-order valence-corrected chi connectivity index (χ2v) is 8.53. The van der Waals surface area contributed by atoms with Gasteiger partial charge >= 0.3 is 0 Å². The van der Waals surface area contributed by atoms with Gasteiger partial charge in [0.1, 0.15) is 0 Å². The van der Waals surface area contributed by atoms with Crippen molar-refractivity contribution in [1.82, 2.24) is 25.7 Å². The summed E-state index contributed by atoms with van der Waals surface area (Å²) in [5, 5.41) is 15.4. The zero-order valence-corrected chi connectivity index (χ0v) is 22.2. The lowest BCUT2D eigenvalue weighted by molar-refractivity contribution is 0.0355. The number of nitrogens with zero attached hydrogens (tertiary/aromatic N) is 3. The molecule has 2 heterocycles. The summed E-state index contributed by atoms with van der Waals surface area (Å²) in [6.45, 7) is 10.5. The highest BCUT2D eigenvalue weighted by Crippen LogP contribution is 2.25. The van der Waals surface area contributed by atoms with Gasteiger partial charge in [0.2, 0.25) is 0 Å². The molecule has 1 fully saturated rings. The van der Waals surface area contributed by atoms with E-state index >= 15 is 0 Å². The molecule has 1 aliphatic heterocycles. The highest BCUT2D eigenvalue weighted by molar-refractivity contribution is 14.0. The van der Waals surface area contributed by atoms with Crippen LogP contribution in [0.3, 0.4) is 0 Å². The molecule has 0 amide bonds. The quantitative estimate of drug-likeness (QED) is 0.191. The number of aromatic nitrogens is 2. The van der Waals surface area contributed by atoms with Gasteiger partial charge in [-0.05, 0) is 51.7 Å². The Morgan fingerprint density at radius 1 is 1.19 bits per heavy atom. The number of hydrogen-bond donors (Lipinski definition) is 3. The van der Waals surface area contributed by atoms with Crippen molar-refractivity contribution in [2.75, 3.05) is 33.4 Å². The minimum atomic E-state index is -0.0190. The summed E-state index contributed by atoms with van der Waals surface area (Å²) in [5.74, 6) is 0.841. The van der Waals surface area contributed by atoms with Gasteiger partial charge in [-0.1, -0.05) is 30.3 Å². The molecule has 1 atom stereocenters. The molecule has 1 unspecified atom stereocenters. The molecule has 1 aliphatic rings. The van der Waals surface area contributed by atoms with Gasteiger partial charge in [-0.25, -0.2) is 0 Å². The topological polar surface area (TPSA) is 75.5 Å². The number of rotatable bonds is 9. The Bertz CT molecular complexity index is 832. The number of aryl methyl sites for hydroxylation is 3. The van der Waals surface area contributed by atoms with Crippen LogP contribution in [-0.4, -0.2) is 54.6 Å². The van der Waals surface area contributed by atoms with Crippen LogP contribution in [0.15, 0.2) is 41.4 Å². The van der Waals surface area contributed by atoms with Gasteiger partial charge in [-0.15, -0.1) is 24.0 Å². The number of halogens is 1. The molecule has 0 radical (unpaired) electrons. The monoisotopic (exact) mass is 554 g/mol. The van der Waals surface area contributed by atoms with Gasteiger partial charge in [-0.3, -0.25) is 9.67 Å². The fourth-order valence-corrected chi connectivity index (χ4v) is 4.23. The van der Waals surface area contributed by atoms with Crippen LogP contribution in [0.1, 0.15) is 49.2 Å². The fourth-order valence-electron chi connectivity index (χ4n) is 4.23. The summed E-state index contributed by atoms with van der Waals surface area (Å²) in [6, 6.07) is 13.0. The summed E-state index contributed by atoms with van der Waals surface area (Å²) in [6.07, 6.45) is 2.95. The summed E-state index contributed by atoms with van der Waals surface area (Å²) >= 11 is 0. The van der Waals surface area contributed by atoms with Crippen LogP contribution in [0.25, 0.3) is 0 Å². The largest absolute Gasteiger partial charge is 0.381 e. The SMILES string of the molecule is CN=C(NCCCn1nc(C)cc1C)NCC1(NC(C)c2ccccc2)CCOCC1.I. The van der Waals surface area contributed by atoms with Crippen LogP contribution in [0.4, 0.5) is 0 Å². The molecule has 0 aliphatic carbocycles. The van der Waals surface area contributed by atoms with E-state index in [-0.39, 0.29) is 35.6 Å². The van der Waals surface area contributed by atoms with Crippen LogP contribution in [0, 0.1) is 13.8 Å². The van der Waals surface area contributed by atoms with E-state index in [0.717, 1.165) is 63.8 Å². The maximum Gasteiger partial charge on any atom is 0.191 e. The van der Waals surface area contributed by atoms with Crippen molar-refractivity contribution < 1.29 is 4.74 Å². The average molecular weight is 555 g/mol.